The molecule has 0 radical (unpaired) electrons. The van der Waals surface area contributed by atoms with Crippen LogP contribution in [0.3, 0.4) is 0 Å². The molecular weight excluding hydrogens is 158 g/mol. The van der Waals surface area contributed by atoms with E-state index in [1.54, 1.807) is 0 Å². The van der Waals surface area contributed by atoms with Gasteiger partial charge in [-0.15, -0.1) is 0 Å². The minimum atomic E-state index is 0.0984. The molecule has 1 atom stereocenters. The summed E-state index contributed by atoms with van der Waals surface area (Å²) >= 11 is 0. The molecule has 0 aromatic carbocycles. The predicted molar refractivity (Wildman–Crippen MR) is 43.9 cm³/mol. The molecule has 0 saturated carbocycles. The van der Waals surface area contributed by atoms with Gasteiger partial charge < -0.3 is 15.2 Å². The standard InChI is InChI=1S/C8H15NO3/c9-4-7(10)2-1-3-11-5-8-6-12-8/h8H,1-6,9H2. The summed E-state index contributed by atoms with van der Waals surface area (Å²) in [6.45, 7) is 2.26. The molecule has 4 heteroatoms. The number of hydrogen-bond donors (Lipinski definition) is 1. The quantitative estimate of drug-likeness (QED) is 0.424. The average molecular weight is 173 g/mol. The Labute approximate surface area is 72.0 Å². The molecule has 4 nitrogen and oxygen atoms in total. The van der Waals surface area contributed by atoms with E-state index in [0.29, 0.717) is 25.7 Å². The second-order valence-corrected chi connectivity index (χ2v) is 2.88. The van der Waals surface area contributed by atoms with Crippen LogP contribution in [0.4, 0.5) is 0 Å². The largest absolute Gasteiger partial charge is 0.379 e. The van der Waals surface area contributed by atoms with Crippen molar-refractivity contribution in [3.05, 3.63) is 0 Å². The highest BCUT2D eigenvalue weighted by atomic mass is 16.6. The van der Waals surface area contributed by atoms with Gasteiger partial charge in [-0.25, -0.2) is 0 Å². The van der Waals surface area contributed by atoms with Gasteiger partial charge in [0.1, 0.15) is 11.9 Å². The summed E-state index contributed by atoms with van der Waals surface area (Å²) in [5.41, 5.74) is 5.13. The minimum absolute atomic E-state index is 0.0984. The van der Waals surface area contributed by atoms with E-state index >= 15 is 0 Å². The van der Waals surface area contributed by atoms with Gasteiger partial charge in [0.15, 0.2) is 0 Å². The lowest BCUT2D eigenvalue weighted by molar-refractivity contribution is -0.118. The third kappa shape index (κ3) is 4.43. The van der Waals surface area contributed by atoms with Gasteiger partial charge in [0, 0.05) is 13.0 Å². The summed E-state index contributed by atoms with van der Waals surface area (Å²) in [6, 6.07) is 0. The van der Waals surface area contributed by atoms with E-state index in [2.05, 4.69) is 0 Å². The molecule has 0 aliphatic carbocycles. The van der Waals surface area contributed by atoms with Crippen molar-refractivity contribution in [3.63, 3.8) is 0 Å². The topological polar surface area (TPSA) is 64.9 Å². The smallest absolute Gasteiger partial charge is 0.146 e. The van der Waals surface area contributed by atoms with Crippen LogP contribution in [0.15, 0.2) is 0 Å². The van der Waals surface area contributed by atoms with E-state index in [9.17, 15) is 4.79 Å². The van der Waals surface area contributed by atoms with Crippen LogP contribution in [0.5, 0.6) is 0 Å². The van der Waals surface area contributed by atoms with Crippen LogP contribution in [0.2, 0.25) is 0 Å². The molecule has 70 valence electrons. The average Bonchev–Trinajstić information content (AvgIpc) is 2.87. The lowest BCUT2D eigenvalue weighted by Crippen LogP contribution is -2.14. The number of hydrogen-bond acceptors (Lipinski definition) is 4. The Balaban J connectivity index is 1.78. The van der Waals surface area contributed by atoms with Crippen molar-refractivity contribution in [2.75, 3.05) is 26.4 Å². The van der Waals surface area contributed by atoms with Gasteiger partial charge in [0.05, 0.1) is 19.8 Å². The lowest BCUT2D eigenvalue weighted by atomic mass is 10.2. The van der Waals surface area contributed by atoms with Gasteiger partial charge in [-0.05, 0) is 6.42 Å². The van der Waals surface area contributed by atoms with Gasteiger partial charge in [0.2, 0.25) is 0 Å². The Bertz CT molecular complexity index is 145. The maximum Gasteiger partial charge on any atom is 0.146 e. The fraction of sp³-hybridized carbons (Fsp3) is 0.875. The van der Waals surface area contributed by atoms with Crippen molar-refractivity contribution in [2.24, 2.45) is 5.73 Å². The number of rotatable bonds is 7. The van der Waals surface area contributed by atoms with Crippen LogP contribution in [-0.2, 0) is 14.3 Å². The Morgan fingerprint density at radius 3 is 3.00 bits per heavy atom. The third-order valence-corrected chi connectivity index (χ3v) is 1.68. The fourth-order valence-electron chi connectivity index (χ4n) is 0.853. The van der Waals surface area contributed by atoms with Gasteiger partial charge >= 0.3 is 0 Å². The fourth-order valence-corrected chi connectivity index (χ4v) is 0.853. The molecule has 1 saturated heterocycles. The maximum absolute atomic E-state index is 10.7. The van der Waals surface area contributed by atoms with Gasteiger partial charge in [-0.2, -0.15) is 0 Å². The molecule has 1 heterocycles. The highest BCUT2D eigenvalue weighted by molar-refractivity contribution is 5.80. The first-order valence-corrected chi connectivity index (χ1v) is 4.24. The molecule has 12 heavy (non-hydrogen) atoms. The van der Waals surface area contributed by atoms with E-state index in [1.807, 2.05) is 0 Å². The van der Waals surface area contributed by atoms with Gasteiger partial charge in [-0.1, -0.05) is 0 Å². The van der Waals surface area contributed by atoms with Gasteiger partial charge in [0.25, 0.3) is 0 Å². The van der Waals surface area contributed by atoms with Crippen LogP contribution in [0, 0.1) is 0 Å². The molecule has 1 aliphatic heterocycles. The van der Waals surface area contributed by atoms with Crippen molar-refractivity contribution in [1.29, 1.82) is 0 Å². The Kier molecular flexibility index (Phi) is 4.21. The summed E-state index contributed by atoms with van der Waals surface area (Å²) in [6.07, 6.45) is 1.61. The van der Waals surface area contributed by atoms with Crippen LogP contribution >= 0.6 is 0 Å². The number of ether oxygens (including phenoxy) is 2. The maximum atomic E-state index is 10.7. The van der Waals surface area contributed by atoms with Crippen molar-refractivity contribution in [3.8, 4) is 0 Å². The molecule has 0 bridgehead atoms. The first-order chi connectivity index (χ1) is 5.83. The lowest BCUT2D eigenvalue weighted by Gasteiger charge is -2.00. The molecule has 1 unspecified atom stereocenters. The SMILES string of the molecule is NCC(=O)CCCOCC1CO1. The van der Waals surface area contributed by atoms with Crippen LogP contribution in [0.1, 0.15) is 12.8 Å². The molecule has 1 aliphatic rings. The number of ketones is 1. The first kappa shape index (κ1) is 9.64. The summed E-state index contributed by atoms with van der Waals surface area (Å²) in [7, 11) is 0. The van der Waals surface area contributed by atoms with E-state index in [0.717, 1.165) is 13.0 Å². The Morgan fingerprint density at radius 2 is 2.42 bits per heavy atom. The Hall–Kier alpha value is -0.450. The molecule has 0 aromatic heterocycles. The second-order valence-electron chi connectivity index (χ2n) is 2.88. The molecule has 2 N–H and O–H groups in total. The van der Waals surface area contributed by atoms with Crippen LogP contribution in [0.25, 0.3) is 0 Å². The highest BCUT2D eigenvalue weighted by Gasteiger charge is 2.21. The zero-order valence-electron chi connectivity index (χ0n) is 7.12. The number of epoxide rings is 1. The van der Waals surface area contributed by atoms with E-state index in [4.69, 9.17) is 15.2 Å². The molecule has 1 fully saturated rings. The molecule has 0 aromatic rings. The van der Waals surface area contributed by atoms with Crippen molar-refractivity contribution < 1.29 is 14.3 Å². The molecule has 0 spiro atoms. The van der Waals surface area contributed by atoms with E-state index in [-0.39, 0.29) is 12.3 Å². The number of carbonyl (C=O) groups excluding carboxylic acids is 1. The van der Waals surface area contributed by atoms with Gasteiger partial charge in [-0.3, -0.25) is 4.79 Å². The van der Waals surface area contributed by atoms with Crippen molar-refractivity contribution >= 4 is 5.78 Å². The molecular formula is C8H15NO3. The minimum Gasteiger partial charge on any atom is -0.379 e. The molecule has 0 amide bonds. The number of Topliss-reactive ketones (excluding diaryl/α,β-unsaturated/α-hetero) is 1. The first-order valence-electron chi connectivity index (χ1n) is 4.24. The third-order valence-electron chi connectivity index (χ3n) is 1.68. The van der Waals surface area contributed by atoms with Crippen molar-refractivity contribution in [1.82, 2.24) is 0 Å². The summed E-state index contributed by atoms with van der Waals surface area (Å²) in [5, 5.41) is 0. The number of carbonyl (C=O) groups is 1. The van der Waals surface area contributed by atoms with Crippen LogP contribution in [-0.4, -0.2) is 38.3 Å². The Morgan fingerprint density at radius 1 is 1.67 bits per heavy atom. The predicted octanol–water partition coefficient (Wildman–Crippen LogP) is -0.290. The zero-order valence-corrected chi connectivity index (χ0v) is 7.12. The summed E-state index contributed by atoms with van der Waals surface area (Å²) < 4.78 is 10.2. The monoisotopic (exact) mass is 173 g/mol. The summed E-state index contributed by atoms with van der Waals surface area (Å²) in [5.74, 6) is 0.0984. The normalized spacial score (nSPS) is 20.9. The number of nitrogens with two attached hydrogens (primary N) is 1. The second kappa shape index (κ2) is 5.24. The van der Waals surface area contributed by atoms with E-state index < -0.39 is 0 Å². The van der Waals surface area contributed by atoms with E-state index in [1.165, 1.54) is 0 Å². The summed E-state index contributed by atoms with van der Waals surface area (Å²) in [4.78, 5) is 10.7. The highest BCUT2D eigenvalue weighted by Crippen LogP contribution is 2.08. The van der Waals surface area contributed by atoms with Crippen LogP contribution < -0.4 is 5.73 Å². The van der Waals surface area contributed by atoms with Crippen molar-refractivity contribution in [2.45, 2.75) is 18.9 Å². The zero-order chi connectivity index (χ0) is 8.81. The molecule has 1 rings (SSSR count).